The largest absolute Gasteiger partial charge is 0.492 e. The molecule has 2 rings (SSSR count). The minimum atomic E-state index is 0.551. The smallest absolute Gasteiger partial charge is 0.122 e. The molecular weight excluding hydrogens is 258 g/mol. The second kappa shape index (κ2) is 7.84. The molecule has 0 heterocycles. The van der Waals surface area contributed by atoms with Crippen LogP contribution in [0.25, 0.3) is 0 Å². The Bertz CT molecular complexity index is 433. The number of hydrogen-bond acceptors (Lipinski definition) is 2. The Kier molecular flexibility index (Phi) is 6.10. The summed E-state index contributed by atoms with van der Waals surface area (Å²) >= 11 is 0. The van der Waals surface area contributed by atoms with Crippen molar-refractivity contribution in [1.29, 1.82) is 0 Å². The number of nitrogens with one attached hydrogen (secondary N) is 1. The van der Waals surface area contributed by atoms with Crippen LogP contribution in [-0.2, 0) is 0 Å². The molecule has 2 nitrogen and oxygen atoms in total. The Balaban J connectivity index is 1.74. The van der Waals surface area contributed by atoms with Gasteiger partial charge in [0.15, 0.2) is 0 Å². The fourth-order valence-corrected chi connectivity index (χ4v) is 3.02. The maximum absolute atomic E-state index is 5.98. The first-order chi connectivity index (χ1) is 10.1. The minimum absolute atomic E-state index is 0.551. The first kappa shape index (κ1) is 16.4. The van der Waals surface area contributed by atoms with Gasteiger partial charge in [-0.25, -0.2) is 0 Å². The Hall–Kier alpha value is -1.02. The molecule has 1 aromatic carbocycles. The van der Waals surface area contributed by atoms with Crippen LogP contribution in [0.4, 0.5) is 0 Å². The molecule has 0 saturated heterocycles. The Morgan fingerprint density at radius 3 is 2.57 bits per heavy atom. The average Bonchev–Trinajstić information content (AvgIpc) is 2.47. The Labute approximate surface area is 130 Å². The molecule has 1 aromatic rings. The Morgan fingerprint density at radius 1 is 1.19 bits per heavy atom. The molecule has 1 saturated carbocycles. The van der Waals surface area contributed by atoms with Gasteiger partial charge in [0.05, 0.1) is 0 Å². The van der Waals surface area contributed by atoms with Crippen molar-refractivity contribution in [2.24, 2.45) is 5.92 Å². The fraction of sp³-hybridized carbons (Fsp3) is 0.684. The van der Waals surface area contributed by atoms with Crippen molar-refractivity contribution in [1.82, 2.24) is 5.32 Å². The lowest BCUT2D eigenvalue weighted by Gasteiger charge is -2.27. The number of rotatable bonds is 6. The van der Waals surface area contributed by atoms with Crippen LogP contribution in [0.3, 0.4) is 0 Å². The normalized spacial score (nSPS) is 22.5. The molecule has 0 aliphatic heterocycles. The average molecular weight is 289 g/mol. The van der Waals surface area contributed by atoms with Crippen LogP contribution >= 0.6 is 0 Å². The van der Waals surface area contributed by atoms with Gasteiger partial charge in [0.25, 0.3) is 0 Å². The van der Waals surface area contributed by atoms with E-state index in [2.05, 4.69) is 51.2 Å². The van der Waals surface area contributed by atoms with Gasteiger partial charge in [-0.05, 0) is 61.6 Å². The molecule has 1 N–H and O–H groups in total. The highest BCUT2D eigenvalue weighted by Crippen LogP contribution is 2.25. The molecule has 21 heavy (non-hydrogen) atoms. The third kappa shape index (κ3) is 5.03. The molecule has 118 valence electrons. The van der Waals surface area contributed by atoms with E-state index in [1.807, 2.05) is 0 Å². The van der Waals surface area contributed by atoms with Crippen LogP contribution in [0.2, 0.25) is 0 Å². The molecule has 0 atom stereocenters. The molecule has 1 aliphatic carbocycles. The second-order valence-electron chi connectivity index (χ2n) is 6.94. The quantitative estimate of drug-likeness (QED) is 0.769. The molecule has 0 amide bonds. The second-order valence-corrected chi connectivity index (χ2v) is 6.94. The van der Waals surface area contributed by atoms with E-state index in [4.69, 9.17) is 4.74 Å². The third-order valence-electron chi connectivity index (χ3n) is 4.69. The molecule has 1 fully saturated rings. The van der Waals surface area contributed by atoms with E-state index >= 15 is 0 Å². The maximum atomic E-state index is 5.98. The minimum Gasteiger partial charge on any atom is -0.492 e. The third-order valence-corrected chi connectivity index (χ3v) is 4.69. The van der Waals surface area contributed by atoms with Crippen molar-refractivity contribution < 1.29 is 4.74 Å². The first-order valence-corrected chi connectivity index (χ1v) is 8.53. The van der Waals surface area contributed by atoms with Crippen LogP contribution in [-0.4, -0.2) is 19.2 Å². The van der Waals surface area contributed by atoms with E-state index in [1.54, 1.807) is 0 Å². The van der Waals surface area contributed by atoms with Gasteiger partial charge in [-0.1, -0.05) is 32.9 Å². The Morgan fingerprint density at radius 2 is 1.90 bits per heavy atom. The predicted octanol–water partition coefficient (Wildman–Crippen LogP) is 4.67. The lowest BCUT2D eigenvalue weighted by Crippen LogP contribution is -2.35. The summed E-state index contributed by atoms with van der Waals surface area (Å²) in [6.07, 6.45) is 5.38. The predicted molar refractivity (Wildman–Crippen MR) is 90.2 cm³/mol. The molecule has 0 aromatic heterocycles. The van der Waals surface area contributed by atoms with E-state index in [0.29, 0.717) is 12.0 Å². The molecule has 0 bridgehead atoms. The summed E-state index contributed by atoms with van der Waals surface area (Å²) in [5.74, 6) is 2.51. The SMILES string of the molecule is Cc1ccc(C(C)C)cc1OCCNC1CCC(C)CC1. The van der Waals surface area contributed by atoms with E-state index < -0.39 is 0 Å². The number of aryl methyl sites for hydroxylation is 1. The van der Waals surface area contributed by atoms with E-state index in [0.717, 1.165) is 24.8 Å². The highest BCUT2D eigenvalue weighted by molar-refractivity contribution is 5.37. The summed E-state index contributed by atoms with van der Waals surface area (Å²) in [6, 6.07) is 7.27. The molecule has 2 heteroatoms. The highest BCUT2D eigenvalue weighted by Gasteiger charge is 2.17. The van der Waals surface area contributed by atoms with Crippen molar-refractivity contribution in [2.45, 2.75) is 65.3 Å². The van der Waals surface area contributed by atoms with E-state index in [-0.39, 0.29) is 0 Å². The molecule has 1 aliphatic rings. The zero-order valence-electron chi connectivity index (χ0n) is 14.1. The lowest BCUT2D eigenvalue weighted by atomic mass is 9.87. The molecule has 0 spiro atoms. The topological polar surface area (TPSA) is 21.3 Å². The molecular formula is C19H31NO. The van der Waals surface area contributed by atoms with Gasteiger partial charge < -0.3 is 10.1 Å². The van der Waals surface area contributed by atoms with Crippen molar-refractivity contribution in [3.05, 3.63) is 29.3 Å². The van der Waals surface area contributed by atoms with Crippen LogP contribution in [0.15, 0.2) is 18.2 Å². The number of ether oxygens (including phenoxy) is 1. The van der Waals surface area contributed by atoms with E-state index in [9.17, 15) is 0 Å². The fourth-order valence-electron chi connectivity index (χ4n) is 3.02. The summed E-state index contributed by atoms with van der Waals surface area (Å²) in [7, 11) is 0. The highest BCUT2D eigenvalue weighted by atomic mass is 16.5. The zero-order chi connectivity index (χ0) is 15.2. The van der Waals surface area contributed by atoms with Gasteiger partial charge in [-0.15, -0.1) is 0 Å². The summed E-state index contributed by atoms with van der Waals surface area (Å²) in [4.78, 5) is 0. The van der Waals surface area contributed by atoms with Crippen molar-refractivity contribution in [2.75, 3.05) is 13.2 Å². The van der Waals surface area contributed by atoms with Crippen LogP contribution in [0.1, 0.15) is 63.5 Å². The van der Waals surface area contributed by atoms with Gasteiger partial charge in [0.1, 0.15) is 12.4 Å². The van der Waals surface area contributed by atoms with Gasteiger partial charge in [0, 0.05) is 12.6 Å². The summed E-state index contributed by atoms with van der Waals surface area (Å²) in [5, 5.41) is 3.64. The number of benzene rings is 1. The van der Waals surface area contributed by atoms with E-state index in [1.165, 1.54) is 36.8 Å². The maximum Gasteiger partial charge on any atom is 0.122 e. The van der Waals surface area contributed by atoms with Crippen molar-refractivity contribution >= 4 is 0 Å². The van der Waals surface area contributed by atoms with Gasteiger partial charge >= 0.3 is 0 Å². The monoisotopic (exact) mass is 289 g/mol. The summed E-state index contributed by atoms with van der Waals surface area (Å²) in [6.45, 7) is 10.6. The summed E-state index contributed by atoms with van der Waals surface area (Å²) in [5.41, 5.74) is 2.58. The van der Waals surface area contributed by atoms with Crippen molar-refractivity contribution in [3.8, 4) is 5.75 Å². The van der Waals surface area contributed by atoms with Crippen LogP contribution < -0.4 is 10.1 Å². The number of hydrogen-bond donors (Lipinski definition) is 1. The lowest BCUT2D eigenvalue weighted by molar-refractivity contribution is 0.269. The van der Waals surface area contributed by atoms with Gasteiger partial charge in [-0.2, -0.15) is 0 Å². The van der Waals surface area contributed by atoms with Crippen LogP contribution in [0, 0.1) is 12.8 Å². The first-order valence-electron chi connectivity index (χ1n) is 8.53. The molecule has 0 radical (unpaired) electrons. The summed E-state index contributed by atoms with van der Waals surface area (Å²) < 4.78 is 5.98. The molecule has 0 unspecified atom stereocenters. The zero-order valence-corrected chi connectivity index (χ0v) is 14.1. The van der Waals surface area contributed by atoms with Crippen LogP contribution in [0.5, 0.6) is 5.75 Å². The van der Waals surface area contributed by atoms with Crippen molar-refractivity contribution in [3.63, 3.8) is 0 Å². The van der Waals surface area contributed by atoms with Gasteiger partial charge in [-0.3, -0.25) is 0 Å². The van der Waals surface area contributed by atoms with Gasteiger partial charge in [0.2, 0.25) is 0 Å². The standard InChI is InChI=1S/C19H31NO/c1-14(2)17-8-7-16(4)19(13-17)21-12-11-20-18-9-5-15(3)6-10-18/h7-8,13-15,18,20H,5-6,9-12H2,1-4H3.